The monoisotopic (exact) mass is 309 g/mol. The van der Waals surface area contributed by atoms with Gasteiger partial charge in [0.05, 0.1) is 11.4 Å². The molecule has 9 heteroatoms. The number of thiazole rings is 2. The summed E-state index contributed by atoms with van der Waals surface area (Å²) in [6.07, 6.45) is 0. The molecule has 2 rings (SSSR count). The maximum absolute atomic E-state index is 12.0. The molecule has 0 aliphatic heterocycles. The van der Waals surface area contributed by atoms with Gasteiger partial charge in [-0.25, -0.2) is 18.4 Å². The highest BCUT2D eigenvalue weighted by Gasteiger charge is 2.22. The Hall–Kier alpha value is -0.700. The van der Waals surface area contributed by atoms with Crippen LogP contribution in [0.3, 0.4) is 0 Å². The number of rotatable bonds is 3. The summed E-state index contributed by atoms with van der Waals surface area (Å²) < 4.78 is 26.8. The van der Waals surface area contributed by atoms with E-state index in [0.717, 1.165) is 17.0 Å². The summed E-state index contributed by atoms with van der Waals surface area (Å²) in [6, 6.07) is 0. The van der Waals surface area contributed by atoms with E-state index in [1.54, 1.807) is 19.2 Å². The third-order valence-electron chi connectivity index (χ3n) is 1.81. The Morgan fingerprint density at radius 2 is 2.06 bits per heavy atom. The maximum Gasteiger partial charge on any atom is 0.275 e. The number of hydrogen-bond acceptors (Lipinski definition) is 6. The summed E-state index contributed by atoms with van der Waals surface area (Å²) in [7, 11) is -3.64. The smallest absolute Gasteiger partial charge is 0.254 e. The number of sulfonamides is 1. The van der Waals surface area contributed by atoms with Crippen molar-refractivity contribution in [3.05, 3.63) is 21.2 Å². The standard InChI is InChI=1S/C8H8ClN3O2S3/c1-4-3-15-8(10-4)12-17(13,14)6-5(2)11-7(9)16-6/h3H,1-2H3,(H,10,12). The number of nitrogens with zero attached hydrogens (tertiary/aromatic N) is 2. The Kier molecular flexibility index (Phi) is 3.39. The van der Waals surface area contributed by atoms with Gasteiger partial charge < -0.3 is 0 Å². The number of anilines is 1. The lowest BCUT2D eigenvalue weighted by Crippen LogP contribution is -2.12. The van der Waals surface area contributed by atoms with Crippen LogP contribution in [0.5, 0.6) is 0 Å². The zero-order valence-corrected chi connectivity index (χ0v) is 12.1. The van der Waals surface area contributed by atoms with Gasteiger partial charge in [0, 0.05) is 5.38 Å². The molecule has 0 saturated heterocycles. The highest BCUT2D eigenvalue weighted by atomic mass is 35.5. The minimum Gasteiger partial charge on any atom is -0.254 e. The van der Waals surface area contributed by atoms with Gasteiger partial charge in [-0.15, -0.1) is 11.3 Å². The molecule has 0 bridgehead atoms. The van der Waals surface area contributed by atoms with E-state index in [0.29, 0.717) is 10.8 Å². The van der Waals surface area contributed by atoms with Crippen LogP contribution in [0.25, 0.3) is 0 Å². The van der Waals surface area contributed by atoms with Gasteiger partial charge in [-0.2, -0.15) is 0 Å². The molecule has 5 nitrogen and oxygen atoms in total. The van der Waals surface area contributed by atoms with Gasteiger partial charge in [0.25, 0.3) is 10.0 Å². The average molecular weight is 310 g/mol. The van der Waals surface area contributed by atoms with Gasteiger partial charge in [-0.05, 0) is 13.8 Å². The summed E-state index contributed by atoms with van der Waals surface area (Å²) in [5.41, 5.74) is 1.16. The van der Waals surface area contributed by atoms with Gasteiger partial charge in [0.2, 0.25) is 0 Å². The predicted octanol–water partition coefficient (Wildman–Crippen LogP) is 2.67. The van der Waals surface area contributed by atoms with Gasteiger partial charge in [-0.3, -0.25) is 4.72 Å². The summed E-state index contributed by atoms with van der Waals surface area (Å²) in [6.45, 7) is 3.40. The van der Waals surface area contributed by atoms with E-state index < -0.39 is 10.0 Å². The molecule has 92 valence electrons. The zero-order chi connectivity index (χ0) is 12.6. The molecule has 0 radical (unpaired) electrons. The molecular weight excluding hydrogens is 302 g/mol. The highest BCUT2D eigenvalue weighted by Crippen LogP contribution is 2.29. The van der Waals surface area contributed by atoms with Crippen LogP contribution in [-0.2, 0) is 10.0 Å². The van der Waals surface area contributed by atoms with Crippen molar-refractivity contribution in [2.75, 3.05) is 4.72 Å². The first-order chi connectivity index (χ1) is 7.88. The highest BCUT2D eigenvalue weighted by molar-refractivity contribution is 7.95. The summed E-state index contributed by atoms with van der Waals surface area (Å²) in [5.74, 6) is 0. The molecule has 17 heavy (non-hydrogen) atoms. The first-order valence-electron chi connectivity index (χ1n) is 4.46. The summed E-state index contributed by atoms with van der Waals surface area (Å²) in [4.78, 5) is 7.91. The Morgan fingerprint density at radius 3 is 2.53 bits per heavy atom. The lowest BCUT2D eigenvalue weighted by molar-refractivity contribution is 0.602. The lowest BCUT2D eigenvalue weighted by atomic mass is 10.6. The van der Waals surface area contributed by atoms with Crippen LogP contribution in [-0.4, -0.2) is 18.4 Å². The molecular formula is C8H8ClN3O2S3. The Labute approximate surface area is 112 Å². The van der Waals surface area contributed by atoms with E-state index >= 15 is 0 Å². The first-order valence-corrected chi connectivity index (χ1v) is 8.02. The van der Waals surface area contributed by atoms with Crippen molar-refractivity contribution in [1.29, 1.82) is 0 Å². The normalized spacial score (nSPS) is 11.7. The molecule has 2 aromatic heterocycles. The molecule has 0 spiro atoms. The predicted molar refractivity (Wildman–Crippen MR) is 69.5 cm³/mol. The maximum atomic E-state index is 12.0. The molecule has 0 atom stereocenters. The van der Waals surface area contributed by atoms with Gasteiger partial charge in [0.1, 0.15) is 0 Å². The molecule has 2 aromatic rings. The van der Waals surface area contributed by atoms with Crippen molar-refractivity contribution in [2.24, 2.45) is 0 Å². The van der Waals surface area contributed by atoms with Crippen LogP contribution >= 0.6 is 34.3 Å². The van der Waals surface area contributed by atoms with E-state index in [1.165, 1.54) is 11.3 Å². The van der Waals surface area contributed by atoms with Gasteiger partial charge in [0.15, 0.2) is 13.8 Å². The van der Waals surface area contributed by atoms with E-state index in [-0.39, 0.29) is 8.68 Å². The van der Waals surface area contributed by atoms with Crippen molar-refractivity contribution in [2.45, 2.75) is 18.1 Å². The molecule has 0 amide bonds. The van der Waals surface area contributed by atoms with Crippen LogP contribution in [0.2, 0.25) is 4.47 Å². The fraction of sp³-hybridized carbons (Fsp3) is 0.250. The van der Waals surface area contributed by atoms with Crippen LogP contribution in [0.1, 0.15) is 11.4 Å². The second kappa shape index (κ2) is 4.52. The number of nitrogens with one attached hydrogen (secondary N) is 1. The Balaban J connectivity index is 2.34. The molecule has 0 saturated carbocycles. The SMILES string of the molecule is Cc1csc(NS(=O)(=O)c2sc(Cl)nc2C)n1. The number of aromatic nitrogens is 2. The third-order valence-corrected chi connectivity index (χ3v) is 6.03. The van der Waals surface area contributed by atoms with Crippen LogP contribution in [0.4, 0.5) is 5.13 Å². The topological polar surface area (TPSA) is 72.0 Å². The van der Waals surface area contributed by atoms with E-state index in [1.807, 2.05) is 0 Å². The minimum absolute atomic E-state index is 0.121. The quantitative estimate of drug-likeness (QED) is 0.946. The van der Waals surface area contributed by atoms with Crippen LogP contribution < -0.4 is 4.72 Å². The number of halogens is 1. The van der Waals surface area contributed by atoms with Crippen molar-refractivity contribution in [1.82, 2.24) is 9.97 Å². The van der Waals surface area contributed by atoms with E-state index in [4.69, 9.17) is 11.6 Å². The summed E-state index contributed by atoms with van der Waals surface area (Å²) >= 11 is 7.84. The zero-order valence-electron chi connectivity index (χ0n) is 8.89. The molecule has 0 aliphatic carbocycles. The Bertz CT molecular complexity index is 647. The third kappa shape index (κ3) is 2.76. The van der Waals surface area contributed by atoms with Crippen molar-refractivity contribution in [3.63, 3.8) is 0 Å². The Morgan fingerprint density at radius 1 is 1.35 bits per heavy atom. The second-order valence-corrected chi connectivity index (χ2v) is 7.56. The molecule has 1 N–H and O–H groups in total. The number of hydrogen-bond donors (Lipinski definition) is 1. The van der Waals surface area contributed by atoms with Crippen LogP contribution in [0.15, 0.2) is 9.59 Å². The van der Waals surface area contributed by atoms with Gasteiger partial charge >= 0.3 is 0 Å². The molecule has 0 unspecified atom stereocenters. The van der Waals surface area contributed by atoms with Gasteiger partial charge in [-0.1, -0.05) is 22.9 Å². The minimum atomic E-state index is -3.64. The van der Waals surface area contributed by atoms with Crippen molar-refractivity contribution in [3.8, 4) is 0 Å². The fourth-order valence-corrected chi connectivity index (χ4v) is 4.84. The van der Waals surface area contributed by atoms with Crippen LogP contribution in [0, 0.1) is 13.8 Å². The molecule has 2 heterocycles. The second-order valence-electron chi connectivity index (χ2n) is 3.24. The lowest BCUT2D eigenvalue weighted by Gasteiger charge is -2.02. The summed E-state index contributed by atoms with van der Waals surface area (Å²) in [5, 5.41) is 2.11. The molecule has 0 fully saturated rings. The van der Waals surface area contributed by atoms with Crippen molar-refractivity contribution < 1.29 is 8.42 Å². The van der Waals surface area contributed by atoms with Crippen molar-refractivity contribution >= 4 is 49.4 Å². The fourth-order valence-electron chi connectivity index (χ4n) is 1.16. The number of aryl methyl sites for hydroxylation is 2. The van der Waals surface area contributed by atoms with E-state index in [9.17, 15) is 8.42 Å². The first kappa shape index (κ1) is 12.7. The largest absolute Gasteiger partial charge is 0.275 e. The van der Waals surface area contributed by atoms with E-state index in [2.05, 4.69) is 14.7 Å². The average Bonchev–Trinajstić information content (AvgIpc) is 2.72. The molecule has 0 aromatic carbocycles. The molecule has 0 aliphatic rings.